The SMILES string of the molecule is CCCCCCCCCCCCCCC1(C)OC1([NH3+])CC.[Cl-]. The Hall–Kier alpha value is 0.210. The van der Waals surface area contributed by atoms with Crippen molar-refractivity contribution >= 4 is 0 Å². The number of unbranched alkanes of at least 4 members (excludes halogenated alkanes) is 11. The molecule has 1 fully saturated rings. The van der Waals surface area contributed by atoms with E-state index in [2.05, 4.69) is 26.5 Å². The summed E-state index contributed by atoms with van der Waals surface area (Å²) in [6.07, 6.45) is 19.2. The maximum absolute atomic E-state index is 5.83. The van der Waals surface area contributed by atoms with Gasteiger partial charge in [0, 0.05) is 6.42 Å². The van der Waals surface area contributed by atoms with E-state index in [1.807, 2.05) is 0 Å². The van der Waals surface area contributed by atoms with E-state index in [0.29, 0.717) is 0 Å². The van der Waals surface area contributed by atoms with Crippen LogP contribution in [0.5, 0.6) is 0 Å². The molecular formula is C19H40ClNO. The molecule has 22 heavy (non-hydrogen) atoms. The first-order valence-corrected chi connectivity index (χ1v) is 9.63. The van der Waals surface area contributed by atoms with Crippen molar-refractivity contribution in [2.45, 2.75) is 122 Å². The first kappa shape index (κ1) is 22.2. The highest BCUT2D eigenvalue weighted by atomic mass is 35.5. The lowest BCUT2D eigenvalue weighted by Gasteiger charge is -2.07. The summed E-state index contributed by atoms with van der Waals surface area (Å²) in [4.78, 5) is 0. The molecule has 0 saturated carbocycles. The predicted octanol–water partition coefficient (Wildman–Crippen LogP) is 2.22. The third kappa shape index (κ3) is 7.66. The lowest BCUT2D eigenvalue weighted by atomic mass is 9.94. The van der Waals surface area contributed by atoms with Crippen molar-refractivity contribution in [1.82, 2.24) is 0 Å². The molecule has 1 aliphatic heterocycles. The van der Waals surface area contributed by atoms with Crippen molar-refractivity contribution in [3.63, 3.8) is 0 Å². The fourth-order valence-corrected chi connectivity index (χ4v) is 3.43. The van der Waals surface area contributed by atoms with Gasteiger partial charge in [-0.15, -0.1) is 0 Å². The largest absolute Gasteiger partial charge is 1.00 e. The Morgan fingerprint density at radius 2 is 1.14 bits per heavy atom. The number of epoxide rings is 1. The van der Waals surface area contributed by atoms with Crippen LogP contribution in [0.1, 0.15) is 111 Å². The van der Waals surface area contributed by atoms with Crippen LogP contribution in [0.4, 0.5) is 0 Å². The molecule has 1 rings (SSSR count). The van der Waals surface area contributed by atoms with Crippen LogP contribution in [-0.4, -0.2) is 11.3 Å². The van der Waals surface area contributed by atoms with Crippen LogP contribution in [0.15, 0.2) is 0 Å². The van der Waals surface area contributed by atoms with Gasteiger partial charge in [-0.25, -0.2) is 0 Å². The highest BCUT2D eigenvalue weighted by molar-refractivity contribution is 5.03. The third-order valence-corrected chi connectivity index (χ3v) is 5.42. The van der Waals surface area contributed by atoms with Crippen molar-refractivity contribution in [3.05, 3.63) is 0 Å². The second-order valence-electron chi connectivity index (χ2n) is 7.32. The highest BCUT2D eigenvalue weighted by Crippen LogP contribution is 2.47. The Morgan fingerprint density at radius 1 is 0.727 bits per heavy atom. The molecular weight excluding hydrogens is 294 g/mol. The molecule has 3 N–H and O–H groups in total. The topological polar surface area (TPSA) is 40.2 Å². The maximum Gasteiger partial charge on any atom is 0.228 e. The van der Waals surface area contributed by atoms with E-state index >= 15 is 0 Å². The van der Waals surface area contributed by atoms with Gasteiger partial charge in [0.15, 0.2) is 5.60 Å². The van der Waals surface area contributed by atoms with E-state index < -0.39 is 0 Å². The van der Waals surface area contributed by atoms with Gasteiger partial charge in [0.1, 0.15) is 0 Å². The molecule has 134 valence electrons. The molecule has 0 radical (unpaired) electrons. The van der Waals surface area contributed by atoms with E-state index in [9.17, 15) is 0 Å². The van der Waals surface area contributed by atoms with Crippen LogP contribution in [0, 0.1) is 0 Å². The first-order valence-electron chi connectivity index (χ1n) is 9.63. The molecule has 0 bridgehead atoms. The van der Waals surface area contributed by atoms with Gasteiger partial charge in [-0.05, 0) is 13.3 Å². The summed E-state index contributed by atoms with van der Waals surface area (Å²) in [5.74, 6) is 0. The summed E-state index contributed by atoms with van der Waals surface area (Å²) in [6, 6.07) is 0. The van der Waals surface area contributed by atoms with Gasteiger partial charge >= 0.3 is 0 Å². The van der Waals surface area contributed by atoms with Crippen LogP contribution in [0.25, 0.3) is 0 Å². The Morgan fingerprint density at radius 3 is 1.50 bits per heavy atom. The summed E-state index contributed by atoms with van der Waals surface area (Å²) in [6.45, 7) is 6.71. The zero-order valence-electron chi connectivity index (χ0n) is 15.4. The predicted molar refractivity (Wildman–Crippen MR) is 91.1 cm³/mol. The average Bonchev–Trinajstić information content (AvgIpc) is 3.03. The molecule has 1 aliphatic rings. The molecule has 0 aromatic carbocycles. The molecule has 0 aromatic heterocycles. The fourth-order valence-electron chi connectivity index (χ4n) is 3.43. The average molecular weight is 334 g/mol. The third-order valence-electron chi connectivity index (χ3n) is 5.42. The number of hydrogen-bond acceptors (Lipinski definition) is 1. The lowest BCUT2D eigenvalue weighted by Crippen LogP contribution is -3.00. The zero-order valence-corrected chi connectivity index (χ0v) is 16.1. The molecule has 0 aromatic rings. The summed E-state index contributed by atoms with van der Waals surface area (Å²) in [5, 5.41) is 0. The minimum atomic E-state index is -0.0647. The second kappa shape index (κ2) is 11.7. The zero-order chi connectivity index (χ0) is 15.6. The van der Waals surface area contributed by atoms with Gasteiger partial charge in [-0.3, -0.25) is 0 Å². The number of hydrogen-bond donors (Lipinski definition) is 1. The summed E-state index contributed by atoms with van der Waals surface area (Å²) in [7, 11) is 0. The number of quaternary nitrogens is 1. The van der Waals surface area contributed by atoms with Crippen molar-refractivity contribution in [2.24, 2.45) is 0 Å². The van der Waals surface area contributed by atoms with Crippen LogP contribution >= 0.6 is 0 Å². The molecule has 2 atom stereocenters. The smallest absolute Gasteiger partial charge is 0.228 e. The normalized spacial score (nSPS) is 26.7. The molecule has 2 unspecified atom stereocenters. The summed E-state index contributed by atoms with van der Waals surface area (Å²) >= 11 is 0. The van der Waals surface area contributed by atoms with Crippen LogP contribution in [0.3, 0.4) is 0 Å². The molecule has 0 aliphatic carbocycles. The van der Waals surface area contributed by atoms with Crippen molar-refractivity contribution < 1.29 is 22.9 Å². The Balaban J connectivity index is 0.00000441. The molecule has 1 heterocycles. The minimum absolute atomic E-state index is 0. The molecule has 0 amide bonds. The molecule has 3 heteroatoms. The van der Waals surface area contributed by atoms with Gasteiger partial charge in [-0.2, -0.15) is 0 Å². The van der Waals surface area contributed by atoms with Gasteiger partial charge in [0.2, 0.25) is 5.72 Å². The van der Waals surface area contributed by atoms with E-state index in [-0.39, 0.29) is 23.7 Å². The van der Waals surface area contributed by atoms with Gasteiger partial charge in [-0.1, -0.05) is 90.9 Å². The monoisotopic (exact) mass is 333 g/mol. The molecule has 2 nitrogen and oxygen atoms in total. The van der Waals surface area contributed by atoms with Gasteiger partial charge in [0.05, 0.1) is 0 Å². The fraction of sp³-hybridized carbons (Fsp3) is 1.00. The van der Waals surface area contributed by atoms with E-state index in [0.717, 1.165) is 6.42 Å². The quantitative estimate of drug-likeness (QED) is 0.384. The summed E-state index contributed by atoms with van der Waals surface area (Å²) < 4.78 is 5.83. The van der Waals surface area contributed by atoms with E-state index in [4.69, 9.17) is 4.74 Å². The van der Waals surface area contributed by atoms with Crippen molar-refractivity contribution in [2.75, 3.05) is 0 Å². The van der Waals surface area contributed by atoms with Crippen LogP contribution in [-0.2, 0) is 4.74 Å². The van der Waals surface area contributed by atoms with Crippen molar-refractivity contribution in [1.29, 1.82) is 0 Å². The van der Waals surface area contributed by atoms with E-state index in [1.54, 1.807) is 0 Å². The Labute approximate surface area is 145 Å². The number of rotatable bonds is 14. The number of halogens is 1. The molecule has 1 saturated heterocycles. The first-order chi connectivity index (χ1) is 10.1. The second-order valence-corrected chi connectivity index (χ2v) is 7.32. The minimum Gasteiger partial charge on any atom is -1.00 e. The van der Waals surface area contributed by atoms with E-state index in [1.165, 1.54) is 83.5 Å². The molecule has 0 spiro atoms. The Kier molecular flexibility index (Phi) is 11.8. The standard InChI is InChI=1S/C19H39NO.ClH/c1-4-6-7-8-9-10-11-12-13-14-15-16-17-18(3)19(20,5-2)21-18;/h4-17,20H2,1-3H3;1H. The lowest BCUT2D eigenvalue weighted by molar-refractivity contribution is -0.472. The van der Waals surface area contributed by atoms with Gasteiger partial charge < -0.3 is 22.9 Å². The van der Waals surface area contributed by atoms with Gasteiger partial charge in [0.25, 0.3) is 0 Å². The van der Waals surface area contributed by atoms with Crippen LogP contribution < -0.4 is 18.1 Å². The maximum atomic E-state index is 5.83. The van der Waals surface area contributed by atoms with Crippen molar-refractivity contribution in [3.8, 4) is 0 Å². The summed E-state index contributed by atoms with van der Waals surface area (Å²) in [5.41, 5.74) is 4.23. The number of ether oxygens (including phenoxy) is 1. The highest BCUT2D eigenvalue weighted by Gasteiger charge is 2.67. The van der Waals surface area contributed by atoms with Crippen LogP contribution in [0.2, 0.25) is 0 Å². The Bertz CT molecular complexity index is 274.